The Kier molecular flexibility index (Phi) is 4.36. The summed E-state index contributed by atoms with van der Waals surface area (Å²) in [4.78, 5) is 11.5. The number of nitrogens with zero attached hydrogens (tertiary/aromatic N) is 1. The predicted octanol–water partition coefficient (Wildman–Crippen LogP) is 0.892. The molecule has 1 fully saturated rings. The Bertz CT molecular complexity index is 657. The number of carbonyl (C=O) groups is 1. The molecular weight excluding hydrogens is 292 g/mol. The summed E-state index contributed by atoms with van der Waals surface area (Å²) in [6.45, 7) is 6.00. The van der Waals surface area contributed by atoms with E-state index in [0.29, 0.717) is 18.7 Å². The summed E-state index contributed by atoms with van der Waals surface area (Å²) in [6, 6.07) is 4.20. The Labute approximate surface area is 124 Å². The predicted molar refractivity (Wildman–Crippen MR) is 78.5 cm³/mol. The van der Waals surface area contributed by atoms with Crippen molar-refractivity contribution in [2.45, 2.75) is 37.8 Å². The van der Waals surface area contributed by atoms with Gasteiger partial charge in [-0.25, -0.2) is 8.42 Å². The number of amides is 1. The van der Waals surface area contributed by atoms with Crippen LogP contribution < -0.4 is 5.73 Å². The lowest BCUT2D eigenvalue weighted by molar-refractivity contribution is -0.0170. The molecule has 1 aromatic rings. The smallest absolute Gasteiger partial charge is 0.249 e. The van der Waals surface area contributed by atoms with Gasteiger partial charge in [0.1, 0.15) is 0 Å². The second kappa shape index (κ2) is 5.75. The quantitative estimate of drug-likeness (QED) is 0.897. The van der Waals surface area contributed by atoms with E-state index in [4.69, 9.17) is 10.5 Å². The Morgan fingerprint density at radius 2 is 2.05 bits per heavy atom. The fraction of sp³-hybridized carbons (Fsp3) is 0.500. The van der Waals surface area contributed by atoms with Gasteiger partial charge in [-0.1, -0.05) is 6.07 Å². The first-order valence-corrected chi connectivity index (χ1v) is 8.21. The molecule has 1 heterocycles. The molecule has 2 atom stereocenters. The highest BCUT2D eigenvalue weighted by Crippen LogP contribution is 2.24. The minimum Gasteiger partial charge on any atom is -0.375 e. The molecule has 116 valence electrons. The first-order valence-electron chi connectivity index (χ1n) is 6.77. The molecule has 0 aliphatic carbocycles. The molecule has 0 bridgehead atoms. The van der Waals surface area contributed by atoms with Crippen LogP contribution in [0.4, 0.5) is 0 Å². The average molecular weight is 312 g/mol. The number of hydrogen-bond acceptors (Lipinski definition) is 4. The summed E-state index contributed by atoms with van der Waals surface area (Å²) in [5.41, 5.74) is 6.17. The van der Waals surface area contributed by atoms with Crippen molar-refractivity contribution in [3.8, 4) is 0 Å². The summed E-state index contributed by atoms with van der Waals surface area (Å²) in [5.74, 6) is -0.632. The molecule has 0 spiro atoms. The molecule has 21 heavy (non-hydrogen) atoms. The van der Waals surface area contributed by atoms with Crippen molar-refractivity contribution >= 4 is 15.9 Å². The summed E-state index contributed by atoms with van der Waals surface area (Å²) < 4.78 is 32.4. The van der Waals surface area contributed by atoms with Crippen LogP contribution in [0, 0.1) is 6.92 Å². The molecule has 0 saturated carbocycles. The molecule has 6 nitrogen and oxygen atoms in total. The highest BCUT2D eigenvalue weighted by atomic mass is 32.2. The maximum absolute atomic E-state index is 12.7. The third-order valence-electron chi connectivity index (χ3n) is 3.63. The number of nitrogens with two attached hydrogens (primary N) is 1. The lowest BCUT2D eigenvalue weighted by Gasteiger charge is -2.35. The van der Waals surface area contributed by atoms with Gasteiger partial charge in [0, 0.05) is 18.2 Å². The fourth-order valence-corrected chi connectivity index (χ4v) is 4.09. The molecular formula is C14H20N2O4S. The number of ether oxygens (including phenoxy) is 1. The summed E-state index contributed by atoms with van der Waals surface area (Å²) in [7, 11) is -3.67. The van der Waals surface area contributed by atoms with Crippen LogP contribution in [0.2, 0.25) is 0 Å². The first kappa shape index (κ1) is 15.9. The van der Waals surface area contributed by atoms with Gasteiger partial charge < -0.3 is 10.5 Å². The number of primary amides is 1. The number of aryl methyl sites for hydroxylation is 1. The largest absolute Gasteiger partial charge is 0.375 e. The van der Waals surface area contributed by atoms with E-state index >= 15 is 0 Å². The standard InChI is InChI=1S/C14H20N2O4S/c1-9-4-5-12(6-13(9)14(15)17)21(18,19)16-7-11(3)20-8-10(16)2/h4-6,10-11H,7-8H2,1-3H3,(H2,15,17)/t10-,11-/m1/s1. The summed E-state index contributed by atoms with van der Waals surface area (Å²) in [6.07, 6.45) is -0.156. The third-order valence-corrected chi connectivity index (χ3v) is 5.61. The second-order valence-electron chi connectivity index (χ2n) is 5.41. The average Bonchev–Trinajstić information content (AvgIpc) is 2.41. The lowest BCUT2D eigenvalue weighted by Crippen LogP contribution is -2.50. The lowest BCUT2D eigenvalue weighted by atomic mass is 10.1. The van der Waals surface area contributed by atoms with Gasteiger partial charge >= 0.3 is 0 Å². The van der Waals surface area contributed by atoms with Gasteiger partial charge in [-0.15, -0.1) is 0 Å². The van der Waals surface area contributed by atoms with Crippen LogP contribution in [0.5, 0.6) is 0 Å². The molecule has 7 heteroatoms. The van der Waals surface area contributed by atoms with E-state index in [1.807, 2.05) is 6.92 Å². The van der Waals surface area contributed by atoms with E-state index in [9.17, 15) is 13.2 Å². The number of sulfonamides is 1. The third kappa shape index (κ3) is 3.09. The van der Waals surface area contributed by atoms with E-state index in [0.717, 1.165) is 0 Å². The minimum absolute atomic E-state index is 0.0860. The van der Waals surface area contributed by atoms with Gasteiger partial charge in [-0.05, 0) is 38.5 Å². The molecule has 1 aliphatic heterocycles. The van der Waals surface area contributed by atoms with Crippen LogP contribution in [-0.4, -0.2) is 43.9 Å². The van der Waals surface area contributed by atoms with E-state index in [-0.39, 0.29) is 22.6 Å². The van der Waals surface area contributed by atoms with Crippen LogP contribution in [0.3, 0.4) is 0 Å². The van der Waals surface area contributed by atoms with Crippen molar-refractivity contribution in [1.29, 1.82) is 0 Å². The Morgan fingerprint density at radius 3 is 2.67 bits per heavy atom. The topological polar surface area (TPSA) is 89.7 Å². The second-order valence-corrected chi connectivity index (χ2v) is 7.30. The summed E-state index contributed by atoms with van der Waals surface area (Å²) in [5, 5.41) is 0. The molecule has 1 aliphatic rings. The zero-order chi connectivity index (χ0) is 15.8. The highest BCUT2D eigenvalue weighted by molar-refractivity contribution is 7.89. The van der Waals surface area contributed by atoms with E-state index < -0.39 is 15.9 Å². The van der Waals surface area contributed by atoms with E-state index in [2.05, 4.69) is 0 Å². The minimum atomic E-state index is -3.67. The van der Waals surface area contributed by atoms with Crippen LogP contribution in [0.1, 0.15) is 29.8 Å². The molecule has 2 rings (SSSR count). The molecule has 0 unspecified atom stereocenters. The Balaban J connectivity index is 2.44. The van der Waals surface area contributed by atoms with Crippen LogP contribution >= 0.6 is 0 Å². The van der Waals surface area contributed by atoms with Gasteiger partial charge in [0.25, 0.3) is 0 Å². The fourth-order valence-electron chi connectivity index (χ4n) is 2.37. The molecule has 1 saturated heterocycles. The Hall–Kier alpha value is -1.44. The van der Waals surface area contributed by atoms with Crippen molar-refractivity contribution < 1.29 is 17.9 Å². The molecule has 0 aromatic heterocycles. The van der Waals surface area contributed by atoms with Gasteiger partial charge in [0.05, 0.1) is 17.6 Å². The highest BCUT2D eigenvalue weighted by Gasteiger charge is 2.34. The zero-order valence-electron chi connectivity index (χ0n) is 12.4. The SMILES string of the molecule is Cc1ccc(S(=O)(=O)N2C[C@@H](C)OC[C@H]2C)cc1C(N)=O. The number of carbonyl (C=O) groups excluding carboxylic acids is 1. The monoisotopic (exact) mass is 312 g/mol. The van der Waals surface area contributed by atoms with Crippen molar-refractivity contribution in [2.75, 3.05) is 13.2 Å². The van der Waals surface area contributed by atoms with Gasteiger partial charge in [-0.3, -0.25) is 4.79 Å². The maximum Gasteiger partial charge on any atom is 0.249 e. The van der Waals surface area contributed by atoms with Gasteiger partial charge in [0.2, 0.25) is 15.9 Å². The molecule has 0 radical (unpaired) electrons. The van der Waals surface area contributed by atoms with Gasteiger partial charge in [-0.2, -0.15) is 4.31 Å². The number of hydrogen-bond donors (Lipinski definition) is 1. The molecule has 1 amide bonds. The zero-order valence-corrected chi connectivity index (χ0v) is 13.2. The van der Waals surface area contributed by atoms with Crippen molar-refractivity contribution in [2.24, 2.45) is 5.73 Å². The van der Waals surface area contributed by atoms with E-state index in [1.165, 1.54) is 16.4 Å². The van der Waals surface area contributed by atoms with Crippen LogP contribution in [-0.2, 0) is 14.8 Å². The number of morpholine rings is 1. The first-order chi connectivity index (χ1) is 9.73. The van der Waals surface area contributed by atoms with Crippen molar-refractivity contribution in [3.63, 3.8) is 0 Å². The normalized spacial score (nSPS) is 24.0. The number of rotatable bonds is 3. The maximum atomic E-state index is 12.7. The Morgan fingerprint density at radius 1 is 1.38 bits per heavy atom. The van der Waals surface area contributed by atoms with Gasteiger partial charge in [0.15, 0.2) is 0 Å². The van der Waals surface area contributed by atoms with E-state index in [1.54, 1.807) is 19.9 Å². The number of benzene rings is 1. The van der Waals surface area contributed by atoms with Crippen molar-refractivity contribution in [1.82, 2.24) is 4.31 Å². The molecule has 1 aromatic carbocycles. The van der Waals surface area contributed by atoms with Crippen LogP contribution in [0.15, 0.2) is 23.1 Å². The summed E-state index contributed by atoms with van der Waals surface area (Å²) >= 11 is 0. The van der Waals surface area contributed by atoms with Crippen LogP contribution in [0.25, 0.3) is 0 Å². The molecule has 2 N–H and O–H groups in total. The van der Waals surface area contributed by atoms with Crippen molar-refractivity contribution in [3.05, 3.63) is 29.3 Å².